The number of carboxylic acids is 1. The van der Waals surface area contributed by atoms with Gasteiger partial charge in [-0.2, -0.15) is 0 Å². The Kier molecular flexibility index (Phi) is 5.91. The third-order valence-electron chi connectivity index (χ3n) is 6.84. The van der Waals surface area contributed by atoms with Gasteiger partial charge in [0.1, 0.15) is 12.1 Å². The lowest BCUT2D eigenvalue weighted by Gasteiger charge is -2.32. The van der Waals surface area contributed by atoms with Gasteiger partial charge in [0.15, 0.2) is 0 Å². The molecule has 0 aliphatic heterocycles. The van der Waals surface area contributed by atoms with Crippen molar-refractivity contribution in [3.05, 3.63) is 59.7 Å². The SMILES string of the molecule is CC(C)(CNC(=O)OCC1c2ccccc2-c2ccccc21)C(=O)NC(C)(C(=O)O)C1CC1. The van der Waals surface area contributed by atoms with Crippen molar-refractivity contribution in [2.45, 2.75) is 45.1 Å². The van der Waals surface area contributed by atoms with Crippen molar-refractivity contribution in [1.82, 2.24) is 10.6 Å². The smallest absolute Gasteiger partial charge is 0.407 e. The van der Waals surface area contributed by atoms with Gasteiger partial charge in [0.2, 0.25) is 5.91 Å². The van der Waals surface area contributed by atoms with Crippen molar-refractivity contribution in [1.29, 1.82) is 0 Å². The number of rotatable bonds is 8. The summed E-state index contributed by atoms with van der Waals surface area (Å²) in [7, 11) is 0. The lowest BCUT2D eigenvalue weighted by molar-refractivity contribution is -0.149. The summed E-state index contributed by atoms with van der Waals surface area (Å²) in [6, 6.07) is 16.2. The van der Waals surface area contributed by atoms with Crippen LogP contribution in [0.3, 0.4) is 0 Å². The summed E-state index contributed by atoms with van der Waals surface area (Å²) in [6.45, 7) is 5.09. The molecular formula is C26H30N2O5. The van der Waals surface area contributed by atoms with E-state index in [9.17, 15) is 19.5 Å². The minimum atomic E-state index is -1.29. The van der Waals surface area contributed by atoms with E-state index in [1.807, 2.05) is 36.4 Å². The lowest BCUT2D eigenvalue weighted by Crippen LogP contribution is -2.58. The summed E-state index contributed by atoms with van der Waals surface area (Å²) in [6.07, 6.45) is 0.948. The Balaban J connectivity index is 1.34. The molecule has 2 aliphatic carbocycles. The highest BCUT2D eigenvalue weighted by molar-refractivity contribution is 5.90. The quantitative estimate of drug-likeness (QED) is 0.565. The molecule has 3 N–H and O–H groups in total. The molecule has 2 aromatic rings. The van der Waals surface area contributed by atoms with Crippen molar-refractivity contribution in [3.8, 4) is 11.1 Å². The van der Waals surface area contributed by atoms with Crippen LogP contribution >= 0.6 is 0 Å². The predicted molar refractivity (Wildman–Crippen MR) is 124 cm³/mol. The monoisotopic (exact) mass is 450 g/mol. The number of amides is 2. The molecule has 0 saturated heterocycles. The predicted octanol–water partition coefficient (Wildman–Crippen LogP) is 3.92. The average molecular weight is 451 g/mol. The van der Waals surface area contributed by atoms with Crippen LogP contribution in [-0.2, 0) is 14.3 Å². The third-order valence-corrected chi connectivity index (χ3v) is 6.84. The van der Waals surface area contributed by atoms with Crippen molar-refractivity contribution < 1.29 is 24.2 Å². The van der Waals surface area contributed by atoms with Crippen LogP contribution in [0.1, 0.15) is 50.7 Å². The van der Waals surface area contributed by atoms with Crippen molar-refractivity contribution >= 4 is 18.0 Å². The maximum atomic E-state index is 12.8. The molecular weight excluding hydrogens is 420 g/mol. The number of aliphatic carboxylic acids is 1. The molecule has 0 radical (unpaired) electrons. The Labute approximate surface area is 193 Å². The highest BCUT2D eigenvalue weighted by Crippen LogP contribution is 2.44. The normalized spacial score (nSPS) is 16.8. The first-order chi connectivity index (χ1) is 15.6. The van der Waals surface area contributed by atoms with E-state index in [0.717, 1.165) is 35.1 Å². The van der Waals surface area contributed by atoms with E-state index in [4.69, 9.17) is 4.74 Å². The fraction of sp³-hybridized carbons (Fsp3) is 0.423. The molecule has 7 heteroatoms. The largest absolute Gasteiger partial charge is 0.480 e. The average Bonchev–Trinajstić information content (AvgIpc) is 3.60. The van der Waals surface area contributed by atoms with Crippen molar-refractivity contribution in [2.24, 2.45) is 11.3 Å². The summed E-state index contributed by atoms with van der Waals surface area (Å²) in [5, 5.41) is 14.9. The van der Waals surface area contributed by atoms with E-state index in [-0.39, 0.29) is 25.0 Å². The summed E-state index contributed by atoms with van der Waals surface area (Å²) in [5.41, 5.74) is 2.25. The minimum Gasteiger partial charge on any atom is -0.480 e. The Hall–Kier alpha value is -3.35. The van der Waals surface area contributed by atoms with Gasteiger partial charge in [-0.3, -0.25) is 4.79 Å². The molecule has 2 amide bonds. The molecule has 174 valence electrons. The molecule has 7 nitrogen and oxygen atoms in total. The summed E-state index contributed by atoms with van der Waals surface area (Å²) in [4.78, 5) is 37.0. The van der Waals surface area contributed by atoms with E-state index < -0.39 is 28.9 Å². The second-order valence-corrected chi connectivity index (χ2v) is 9.80. The number of carboxylic acid groups (broad SMARTS) is 1. The van der Waals surface area contributed by atoms with Crippen LogP contribution in [0.2, 0.25) is 0 Å². The van der Waals surface area contributed by atoms with E-state index >= 15 is 0 Å². The highest BCUT2D eigenvalue weighted by Gasteiger charge is 2.50. The summed E-state index contributed by atoms with van der Waals surface area (Å²) in [5.74, 6) is -1.57. The molecule has 1 fully saturated rings. The molecule has 1 unspecified atom stereocenters. The molecule has 1 saturated carbocycles. The molecule has 0 spiro atoms. The van der Waals surface area contributed by atoms with Gasteiger partial charge in [-0.05, 0) is 61.8 Å². The summed E-state index contributed by atoms with van der Waals surface area (Å²) < 4.78 is 5.53. The Morgan fingerprint density at radius 2 is 1.52 bits per heavy atom. The van der Waals surface area contributed by atoms with E-state index in [1.54, 1.807) is 20.8 Å². The van der Waals surface area contributed by atoms with Crippen molar-refractivity contribution in [3.63, 3.8) is 0 Å². The van der Waals surface area contributed by atoms with Gasteiger partial charge in [-0.1, -0.05) is 48.5 Å². The number of ether oxygens (including phenoxy) is 1. The molecule has 1 atom stereocenters. The first-order valence-electron chi connectivity index (χ1n) is 11.3. The molecule has 0 heterocycles. The van der Waals surface area contributed by atoms with E-state index in [1.165, 1.54) is 0 Å². The van der Waals surface area contributed by atoms with Gasteiger partial charge >= 0.3 is 12.1 Å². The number of alkyl carbamates (subject to hydrolysis) is 1. The van der Waals surface area contributed by atoms with Crippen LogP contribution < -0.4 is 10.6 Å². The van der Waals surface area contributed by atoms with Crippen LogP contribution in [-0.4, -0.2) is 41.8 Å². The maximum Gasteiger partial charge on any atom is 0.407 e. The number of hydrogen-bond acceptors (Lipinski definition) is 4. The van der Waals surface area contributed by atoms with Gasteiger partial charge in [0, 0.05) is 12.5 Å². The zero-order chi connectivity index (χ0) is 23.8. The van der Waals surface area contributed by atoms with Gasteiger partial charge in [0.05, 0.1) is 5.41 Å². The molecule has 4 rings (SSSR count). The first-order valence-corrected chi connectivity index (χ1v) is 11.3. The maximum absolute atomic E-state index is 12.8. The van der Waals surface area contributed by atoms with Gasteiger partial charge in [0.25, 0.3) is 0 Å². The van der Waals surface area contributed by atoms with Crippen LogP contribution in [0.25, 0.3) is 11.1 Å². The fourth-order valence-corrected chi connectivity index (χ4v) is 4.42. The van der Waals surface area contributed by atoms with Crippen molar-refractivity contribution in [2.75, 3.05) is 13.2 Å². The Morgan fingerprint density at radius 3 is 2.03 bits per heavy atom. The second kappa shape index (κ2) is 8.54. The Morgan fingerprint density at radius 1 is 0.970 bits per heavy atom. The highest BCUT2D eigenvalue weighted by atomic mass is 16.5. The number of nitrogens with one attached hydrogen (secondary N) is 2. The zero-order valence-corrected chi connectivity index (χ0v) is 19.2. The molecule has 0 aromatic heterocycles. The van der Waals surface area contributed by atoms with Gasteiger partial charge < -0.3 is 20.5 Å². The van der Waals surface area contributed by atoms with Crippen LogP contribution in [0, 0.1) is 11.3 Å². The second-order valence-electron chi connectivity index (χ2n) is 9.80. The van der Waals surface area contributed by atoms with Gasteiger partial charge in [-0.15, -0.1) is 0 Å². The van der Waals surface area contributed by atoms with Crippen LogP contribution in [0.15, 0.2) is 48.5 Å². The molecule has 0 bridgehead atoms. The molecule has 33 heavy (non-hydrogen) atoms. The standard InChI is InChI=1S/C26H30N2O5/c1-25(2,22(29)28-26(3,23(30)31)16-12-13-16)15-27-24(32)33-14-21-19-10-6-4-8-17(19)18-9-5-7-11-20(18)21/h4-11,16,21H,12-15H2,1-3H3,(H,27,32)(H,28,29)(H,30,31). The zero-order valence-electron chi connectivity index (χ0n) is 19.2. The number of carbonyl (C=O) groups excluding carboxylic acids is 2. The molecule has 2 aliphatic rings. The Bertz CT molecular complexity index is 1050. The third kappa shape index (κ3) is 4.45. The number of benzene rings is 2. The molecule has 2 aromatic carbocycles. The number of fused-ring (bicyclic) bond motifs is 3. The number of hydrogen-bond donors (Lipinski definition) is 3. The van der Waals surface area contributed by atoms with Crippen LogP contribution in [0.4, 0.5) is 4.79 Å². The van der Waals surface area contributed by atoms with Crippen LogP contribution in [0.5, 0.6) is 0 Å². The number of carbonyl (C=O) groups is 3. The topological polar surface area (TPSA) is 105 Å². The van der Waals surface area contributed by atoms with E-state index in [0.29, 0.717) is 0 Å². The summed E-state index contributed by atoms with van der Waals surface area (Å²) >= 11 is 0. The minimum absolute atomic E-state index is 0.0237. The lowest BCUT2D eigenvalue weighted by atomic mass is 9.88. The van der Waals surface area contributed by atoms with Gasteiger partial charge in [-0.25, -0.2) is 9.59 Å². The van der Waals surface area contributed by atoms with E-state index in [2.05, 4.69) is 22.8 Å². The fourth-order valence-electron chi connectivity index (χ4n) is 4.42. The first kappa shape index (κ1) is 22.8.